The zero-order chi connectivity index (χ0) is 13.6. The normalized spacial score (nSPS) is 37.7. The van der Waals surface area contributed by atoms with E-state index in [0.29, 0.717) is 22.8 Å². The Bertz CT molecular complexity index is 279. The standard InChI is InChI=1S/C16H32N2/c1-12-10-18(7-6-14(12)17)13-8-15(2,3)11-16(4,5)9-13/h12-14H,6-11,17H2,1-5H3. The molecule has 0 spiro atoms. The molecule has 106 valence electrons. The first-order valence-electron chi connectivity index (χ1n) is 7.68. The van der Waals surface area contributed by atoms with Gasteiger partial charge in [-0.25, -0.2) is 0 Å². The maximum atomic E-state index is 6.15. The van der Waals surface area contributed by atoms with Crippen molar-refractivity contribution in [3.63, 3.8) is 0 Å². The number of hydrogen-bond donors (Lipinski definition) is 1. The highest BCUT2D eigenvalue weighted by atomic mass is 15.2. The van der Waals surface area contributed by atoms with E-state index < -0.39 is 0 Å². The van der Waals surface area contributed by atoms with Gasteiger partial charge in [0.2, 0.25) is 0 Å². The second-order valence-corrected chi connectivity index (χ2v) is 8.49. The zero-order valence-electron chi connectivity index (χ0n) is 13.0. The molecule has 2 fully saturated rings. The summed E-state index contributed by atoms with van der Waals surface area (Å²) in [5, 5.41) is 0. The van der Waals surface area contributed by atoms with Crippen LogP contribution in [0.4, 0.5) is 0 Å². The summed E-state index contributed by atoms with van der Waals surface area (Å²) in [6, 6.07) is 1.20. The van der Waals surface area contributed by atoms with Gasteiger partial charge in [0.05, 0.1) is 0 Å². The molecule has 0 aromatic carbocycles. The lowest BCUT2D eigenvalue weighted by molar-refractivity contribution is 0.00444. The van der Waals surface area contributed by atoms with Crippen molar-refractivity contribution in [2.24, 2.45) is 22.5 Å². The molecule has 2 nitrogen and oxygen atoms in total. The molecule has 2 rings (SSSR count). The summed E-state index contributed by atoms with van der Waals surface area (Å²) in [5.41, 5.74) is 7.14. The Hall–Kier alpha value is -0.0800. The monoisotopic (exact) mass is 252 g/mol. The quantitative estimate of drug-likeness (QED) is 0.776. The lowest BCUT2D eigenvalue weighted by Gasteiger charge is -2.50. The van der Waals surface area contributed by atoms with E-state index in [9.17, 15) is 0 Å². The van der Waals surface area contributed by atoms with Crippen LogP contribution in [0.5, 0.6) is 0 Å². The predicted octanol–water partition coefficient (Wildman–Crippen LogP) is 3.26. The third-order valence-corrected chi connectivity index (χ3v) is 5.05. The van der Waals surface area contributed by atoms with Crippen molar-refractivity contribution in [2.75, 3.05) is 13.1 Å². The van der Waals surface area contributed by atoms with Crippen LogP contribution in [0, 0.1) is 16.7 Å². The number of nitrogens with zero attached hydrogens (tertiary/aromatic N) is 1. The molecule has 18 heavy (non-hydrogen) atoms. The Morgan fingerprint density at radius 3 is 2.11 bits per heavy atom. The van der Waals surface area contributed by atoms with Crippen molar-refractivity contribution in [1.29, 1.82) is 0 Å². The average molecular weight is 252 g/mol. The van der Waals surface area contributed by atoms with Crippen molar-refractivity contribution in [3.8, 4) is 0 Å². The van der Waals surface area contributed by atoms with Gasteiger partial charge in [-0.05, 0) is 49.0 Å². The molecule has 2 atom stereocenters. The van der Waals surface area contributed by atoms with Crippen molar-refractivity contribution < 1.29 is 0 Å². The van der Waals surface area contributed by atoms with Gasteiger partial charge >= 0.3 is 0 Å². The van der Waals surface area contributed by atoms with E-state index in [4.69, 9.17) is 5.73 Å². The summed E-state index contributed by atoms with van der Waals surface area (Å²) in [6.45, 7) is 14.5. The fourth-order valence-corrected chi connectivity index (χ4v) is 4.57. The van der Waals surface area contributed by atoms with Crippen LogP contribution in [-0.2, 0) is 0 Å². The maximum absolute atomic E-state index is 6.15. The average Bonchev–Trinajstić information content (AvgIpc) is 2.17. The third-order valence-electron chi connectivity index (χ3n) is 5.05. The van der Waals surface area contributed by atoms with Gasteiger partial charge in [0.15, 0.2) is 0 Å². The molecular formula is C16H32N2. The molecule has 0 bridgehead atoms. The SMILES string of the molecule is CC1CN(C2CC(C)(C)CC(C)(C)C2)CCC1N. The summed E-state index contributed by atoms with van der Waals surface area (Å²) < 4.78 is 0. The van der Waals surface area contributed by atoms with Crippen LogP contribution >= 0.6 is 0 Å². The van der Waals surface area contributed by atoms with Crippen LogP contribution in [0.25, 0.3) is 0 Å². The van der Waals surface area contributed by atoms with Crippen LogP contribution in [0.3, 0.4) is 0 Å². The van der Waals surface area contributed by atoms with Crippen LogP contribution in [0.15, 0.2) is 0 Å². The Kier molecular flexibility index (Phi) is 3.81. The lowest BCUT2D eigenvalue weighted by atomic mass is 9.63. The molecule has 2 aliphatic rings. The molecule has 1 aliphatic heterocycles. The summed E-state index contributed by atoms with van der Waals surface area (Å²) in [6.07, 6.45) is 5.26. The fourth-order valence-electron chi connectivity index (χ4n) is 4.57. The fraction of sp³-hybridized carbons (Fsp3) is 1.00. The van der Waals surface area contributed by atoms with Gasteiger partial charge in [0.1, 0.15) is 0 Å². The van der Waals surface area contributed by atoms with E-state index in [1.54, 1.807) is 0 Å². The molecule has 1 saturated carbocycles. The van der Waals surface area contributed by atoms with E-state index in [0.717, 1.165) is 6.04 Å². The van der Waals surface area contributed by atoms with Crippen LogP contribution in [-0.4, -0.2) is 30.1 Å². The first-order chi connectivity index (χ1) is 8.19. The summed E-state index contributed by atoms with van der Waals surface area (Å²) >= 11 is 0. The second-order valence-electron chi connectivity index (χ2n) is 8.49. The van der Waals surface area contributed by atoms with E-state index in [1.165, 1.54) is 38.8 Å². The topological polar surface area (TPSA) is 29.3 Å². The van der Waals surface area contributed by atoms with Crippen molar-refractivity contribution >= 4 is 0 Å². The first-order valence-corrected chi connectivity index (χ1v) is 7.68. The Morgan fingerprint density at radius 1 is 1.06 bits per heavy atom. The van der Waals surface area contributed by atoms with Gasteiger partial charge in [-0.1, -0.05) is 34.6 Å². The van der Waals surface area contributed by atoms with Crippen LogP contribution < -0.4 is 5.73 Å². The highest BCUT2D eigenvalue weighted by Gasteiger charge is 2.41. The van der Waals surface area contributed by atoms with E-state index >= 15 is 0 Å². The Balaban J connectivity index is 2.04. The largest absolute Gasteiger partial charge is 0.327 e. The van der Waals surface area contributed by atoms with Gasteiger partial charge in [-0.15, -0.1) is 0 Å². The molecule has 0 aromatic heterocycles. The Labute approximate surface area is 113 Å². The van der Waals surface area contributed by atoms with Gasteiger partial charge in [-0.3, -0.25) is 4.90 Å². The molecule has 1 aliphatic carbocycles. The molecular weight excluding hydrogens is 220 g/mol. The van der Waals surface area contributed by atoms with Gasteiger partial charge in [0.25, 0.3) is 0 Å². The number of piperidine rings is 1. The molecule has 0 aromatic rings. The number of rotatable bonds is 1. The highest BCUT2D eigenvalue weighted by Crippen LogP contribution is 2.47. The molecule has 2 unspecified atom stereocenters. The molecule has 2 heteroatoms. The Morgan fingerprint density at radius 2 is 1.61 bits per heavy atom. The van der Waals surface area contributed by atoms with E-state index in [1.807, 2.05) is 0 Å². The lowest BCUT2D eigenvalue weighted by Crippen LogP contribution is -2.53. The summed E-state index contributed by atoms with van der Waals surface area (Å²) in [4.78, 5) is 2.73. The minimum Gasteiger partial charge on any atom is -0.327 e. The van der Waals surface area contributed by atoms with Crippen molar-refractivity contribution in [1.82, 2.24) is 4.90 Å². The number of nitrogens with two attached hydrogens (primary N) is 1. The first kappa shape index (κ1) is 14.3. The maximum Gasteiger partial charge on any atom is 0.0106 e. The number of likely N-dealkylation sites (tertiary alicyclic amines) is 1. The zero-order valence-corrected chi connectivity index (χ0v) is 13.0. The minimum atomic E-state index is 0.422. The molecule has 1 saturated heterocycles. The highest BCUT2D eigenvalue weighted by molar-refractivity contribution is 4.95. The van der Waals surface area contributed by atoms with E-state index in [2.05, 4.69) is 39.5 Å². The predicted molar refractivity (Wildman–Crippen MR) is 78.5 cm³/mol. The van der Waals surface area contributed by atoms with Gasteiger partial charge < -0.3 is 5.73 Å². The molecule has 0 amide bonds. The van der Waals surface area contributed by atoms with Crippen molar-refractivity contribution in [3.05, 3.63) is 0 Å². The third kappa shape index (κ3) is 3.27. The minimum absolute atomic E-state index is 0.422. The summed E-state index contributed by atoms with van der Waals surface area (Å²) in [5.74, 6) is 0.659. The second kappa shape index (κ2) is 4.79. The molecule has 2 N–H and O–H groups in total. The van der Waals surface area contributed by atoms with Gasteiger partial charge in [-0.2, -0.15) is 0 Å². The van der Waals surface area contributed by atoms with Crippen LogP contribution in [0.1, 0.15) is 60.3 Å². The molecule has 1 heterocycles. The van der Waals surface area contributed by atoms with E-state index in [-0.39, 0.29) is 0 Å². The molecule has 0 radical (unpaired) electrons. The summed E-state index contributed by atoms with van der Waals surface area (Å²) in [7, 11) is 0. The van der Waals surface area contributed by atoms with Crippen molar-refractivity contribution in [2.45, 2.75) is 72.4 Å². The van der Waals surface area contributed by atoms with Gasteiger partial charge in [0, 0.05) is 18.6 Å². The number of hydrogen-bond acceptors (Lipinski definition) is 2. The van der Waals surface area contributed by atoms with Crippen LogP contribution in [0.2, 0.25) is 0 Å². The smallest absolute Gasteiger partial charge is 0.0106 e.